The minimum Gasteiger partial charge on any atom is -0.497 e. The molecule has 0 radical (unpaired) electrons. The van der Waals surface area contributed by atoms with Gasteiger partial charge in [0.15, 0.2) is 5.69 Å². The average molecular weight is 323 g/mol. The van der Waals surface area contributed by atoms with E-state index in [1.54, 1.807) is 31.0 Å². The van der Waals surface area contributed by atoms with Crippen LogP contribution in [-0.4, -0.2) is 33.0 Å². The lowest BCUT2D eigenvalue weighted by Crippen LogP contribution is -2.15. The Morgan fingerprint density at radius 3 is 2.75 bits per heavy atom. The van der Waals surface area contributed by atoms with Crippen molar-refractivity contribution in [3.63, 3.8) is 0 Å². The molecule has 1 aromatic carbocycles. The Morgan fingerprint density at radius 1 is 1.21 bits per heavy atom. The number of carbonyl (C=O) groups is 1. The van der Waals surface area contributed by atoms with Crippen LogP contribution in [0.4, 0.5) is 5.82 Å². The van der Waals surface area contributed by atoms with Crippen LogP contribution in [0.2, 0.25) is 0 Å². The fraction of sp³-hybridized carbons (Fsp3) is 0.176. The van der Waals surface area contributed by atoms with Crippen molar-refractivity contribution in [2.24, 2.45) is 0 Å². The normalized spacial score (nSPS) is 10.5. The molecule has 0 aliphatic rings. The Hall–Kier alpha value is -3.22. The molecule has 0 unspecified atom stereocenters. The van der Waals surface area contributed by atoms with Gasteiger partial charge in [0.1, 0.15) is 11.6 Å². The molecular weight excluding hydrogens is 306 g/mol. The number of benzene rings is 1. The SMILES string of the molecule is COc1cccc(-n2nnc(C(=O)Nc3ccc(C)cn3)c2C)c1. The summed E-state index contributed by atoms with van der Waals surface area (Å²) in [4.78, 5) is 16.6. The van der Waals surface area contributed by atoms with E-state index < -0.39 is 0 Å². The summed E-state index contributed by atoms with van der Waals surface area (Å²) in [7, 11) is 1.60. The van der Waals surface area contributed by atoms with Crippen molar-refractivity contribution in [3.8, 4) is 11.4 Å². The quantitative estimate of drug-likeness (QED) is 0.798. The number of rotatable bonds is 4. The first-order valence-corrected chi connectivity index (χ1v) is 7.39. The number of methoxy groups -OCH3 is 1. The predicted octanol–water partition coefficient (Wildman–Crippen LogP) is 2.54. The zero-order valence-electron chi connectivity index (χ0n) is 13.6. The van der Waals surface area contributed by atoms with Gasteiger partial charge in [-0.25, -0.2) is 9.67 Å². The van der Waals surface area contributed by atoms with E-state index in [4.69, 9.17) is 4.74 Å². The van der Waals surface area contributed by atoms with Gasteiger partial charge in [-0.1, -0.05) is 17.3 Å². The zero-order chi connectivity index (χ0) is 17.1. The minimum absolute atomic E-state index is 0.250. The van der Waals surface area contributed by atoms with Gasteiger partial charge in [0.25, 0.3) is 5.91 Å². The second-order valence-electron chi connectivity index (χ2n) is 5.31. The summed E-state index contributed by atoms with van der Waals surface area (Å²) >= 11 is 0. The fourth-order valence-corrected chi connectivity index (χ4v) is 2.24. The van der Waals surface area contributed by atoms with Crippen molar-refractivity contribution >= 4 is 11.7 Å². The first-order valence-electron chi connectivity index (χ1n) is 7.39. The number of amides is 1. The number of hydrogen-bond acceptors (Lipinski definition) is 5. The molecule has 0 atom stereocenters. The molecule has 0 saturated heterocycles. The van der Waals surface area contributed by atoms with E-state index in [9.17, 15) is 4.79 Å². The number of pyridine rings is 1. The Labute approximate surface area is 139 Å². The second kappa shape index (κ2) is 6.49. The van der Waals surface area contributed by atoms with Gasteiger partial charge in [0.05, 0.1) is 18.5 Å². The fourth-order valence-electron chi connectivity index (χ4n) is 2.24. The van der Waals surface area contributed by atoms with E-state index in [2.05, 4.69) is 20.6 Å². The summed E-state index contributed by atoms with van der Waals surface area (Å²) in [6.07, 6.45) is 1.69. The van der Waals surface area contributed by atoms with Gasteiger partial charge >= 0.3 is 0 Å². The first-order chi connectivity index (χ1) is 11.6. The van der Waals surface area contributed by atoms with E-state index in [-0.39, 0.29) is 11.6 Å². The van der Waals surface area contributed by atoms with Crippen molar-refractivity contribution < 1.29 is 9.53 Å². The molecule has 0 bridgehead atoms. The Bertz CT molecular complexity index is 871. The highest BCUT2D eigenvalue weighted by Gasteiger charge is 2.18. The molecule has 2 aromatic heterocycles. The Morgan fingerprint density at radius 2 is 2.04 bits per heavy atom. The lowest BCUT2D eigenvalue weighted by atomic mass is 10.2. The second-order valence-corrected chi connectivity index (χ2v) is 5.31. The maximum absolute atomic E-state index is 12.4. The molecule has 0 aliphatic carbocycles. The van der Waals surface area contributed by atoms with Gasteiger partial charge in [-0.05, 0) is 37.6 Å². The number of aryl methyl sites for hydroxylation is 1. The molecule has 122 valence electrons. The summed E-state index contributed by atoms with van der Waals surface area (Å²) in [6, 6.07) is 11.0. The number of anilines is 1. The highest BCUT2D eigenvalue weighted by atomic mass is 16.5. The largest absolute Gasteiger partial charge is 0.497 e. The van der Waals surface area contributed by atoms with Gasteiger partial charge in [0, 0.05) is 12.3 Å². The third-order valence-electron chi connectivity index (χ3n) is 3.56. The first kappa shape index (κ1) is 15.7. The van der Waals surface area contributed by atoms with Crippen molar-refractivity contribution in [3.05, 3.63) is 59.5 Å². The molecule has 1 amide bonds. The molecule has 0 saturated carbocycles. The van der Waals surface area contributed by atoms with E-state index in [0.29, 0.717) is 17.3 Å². The maximum Gasteiger partial charge on any atom is 0.279 e. The predicted molar refractivity (Wildman–Crippen MR) is 89.6 cm³/mol. The average Bonchev–Trinajstić information content (AvgIpc) is 2.98. The van der Waals surface area contributed by atoms with Crippen LogP contribution in [0.1, 0.15) is 21.7 Å². The van der Waals surface area contributed by atoms with Crippen LogP contribution in [-0.2, 0) is 0 Å². The van der Waals surface area contributed by atoms with Gasteiger partial charge in [-0.15, -0.1) is 5.10 Å². The van der Waals surface area contributed by atoms with Crippen LogP contribution in [0.15, 0.2) is 42.6 Å². The monoisotopic (exact) mass is 323 g/mol. The molecule has 3 aromatic rings. The smallest absolute Gasteiger partial charge is 0.279 e. The molecule has 0 spiro atoms. The van der Waals surface area contributed by atoms with Crippen molar-refractivity contribution in [2.75, 3.05) is 12.4 Å². The number of ether oxygens (including phenoxy) is 1. The molecule has 0 fully saturated rings. The summed E-state index contributed by atoms with van der Waals surface area (Å²) in [5.41, 5.74) is 2.67. The molecule has 2 heterocycles. The number of aromatic nitrogens is 4. The molecule has 3 rings (SSSR count). The number of nitrogens with zero attached hydrogens (tertiary/aromatic N) is 4. The summed E-state index contributed by atoms with van der Waals surface area (Å²) < 4.78 is 6.81. The molecule has 1 N–H and O–H groups in total. The third kappa shape index (κ3) is 3.10. The molecule has 24 heavy (non-hydrogen) atoms. The summed E-state index contributed by atoms with van der Waals surface area (Å²) in [5, 5.41) is 10.8. The highest BCUT2D eigenvalue weighted by molar-refractivity contribution is 6.03. The lowest BCUT2D eigenvalue weighted by molar-refractivity contribution is 0.102. The van der Waals surface area contributed by atoms with E-state index in [1.165, 1.54) is 0 Å². The lowest BCUT2D eigenvalue weighted by Gasteiger charge is -2.06. The van der Waals surface area contributed by atoms with Crippen LogP contribution >= 0.6 is 0 Å². The number of hydrogen-bond donors (Lipinski definition) is 1. The van der Waals surface area contributed by atoms with Crippen molar-refractivity contribution in [1.29, 1.82) is 0 Å². The Kier molecular flexibility index (Phi) is 4.24. The highest BCUT2D eigenvalue weighted by Crippen LogP contribution is 2.18. The van der Waals surface area contributed by atoms with Crippen LogP contribution in [0.5, 0.6) is 5.75 Å². The van der Waals surface area contributed by atoms with Gasteiger partial charge in [0.2, 0.25) is 0 Å². The van der Waals surface area contributed by atoms with E-state index in [1.807, 2.05) is 37.3 Å². The molecule has 7 heteroatoms. The summed E-state index contributed by atoms with van der Waals surface area (Å²) in [6.45, 7) is 3.72. The summed E-state index contributed by atoms with van der Waals surface area (Å²) in [5.74, 6) is 0.830. The maximum atomic E-state index is 12.4. The van der Waals surface area contributed by atoms with Crippen LogP contribution in [0, 0.1) is 13.8 Å². The molecule has 0 aliphatic heterocycles. The molecular formula is C17H17N5O2. The van der Waals surface area contributed by atoms with E-state index in [0.717, 1.165) is 11.3 Å². The van der Waals surface area contributed by atoms with Crippen LogP contribution in [0.25, 0.3) is 5.69 Å². The molecule has 7 nitrogen and oxygen atoms in total. The Balaban J connectivity index is 1.86. The van der Waals surface area contributed by atoms with Crippen LogP contribution in [0.3, 0.4) is 0 Å². The van der Waals surface area contributed by atoms with Gasteiger partial charge < -0.3 is 10.1 Å². The van der Waals surface area contributed by atoms with Crippen molar-refractivity contribution in [1.82, 2.24) is 20.0 Å². The third-order valence-corrected chi connectivity index (χ3v) is 3.56. The zero-order valence-corrected chi connectivity index (χ0v) is 13.6. The minimum atomic E-state index is -0.349. The topological polar surface area (TPSA) is 81.9 Å². The standard InChI is InChI=1S/C17H17N5O2/c1-11-7-8-15(18-10-11)19-17(23)16-12(2)22(21-20-16)13-5-4-6-14(9-13)24-3/h4-10H,1-3H3,(H,18,19,23). The number of carbonyl (C=O) groups excluding carboxylic acids is 1. The van der Waals surface area contributed by atoms with Gasteiger partial charge in [-0.3, -0.25) is 4.79 Å². The van der Waals surface area contributed by atoms with Crippen LogP contribution < -0.4 is 10.1 Å². The van der Waals surface area contributed by atoms with Crippen molar-refractivity contribution in [2.45, 2.75) is 13.8 Å². The number of nitrogens with one attached hydrogen (secondary N) is 1. The van der Waals surface area contributed by atoms with Gasteiger partial charge in [-0.2, -0.15) is 0 Å². The van der Waals surface area contributed by atoms with E-state index >= 15 is 0 Å².